The average Bonchev–Trinajstić information content (AvgIpc) is 2.97. The molecule has 0 saturated heterocycles. The number of H-pyrrole nitrogens is 1. The van der Waals surface area contributed by atoms with Crippen molar-refractivity contribution >= 4 is 21.8 Å². The second kappa shape index (κ2) is 6.73. The van der Waals surface area contributed by atoms with Gasteiger partial charge in [-0.2, -0.15) is 5.10 Å². The molecule has 0 fully saturated rings. The molecule has 0 spiro atoms. The molecule has 1 heterocycles. The van der Waals surface area contributed by atoms with Gasteiger partial charge in [-0.25, -0.2) is 18.1 Å². The zero-order chi connectivity index (χ0) is 14.4. The Kier molecular flexibility index (Phi) is 4.99. The number of benzene rings is 1. The molecule has 0 bridgehead atoms. The van der Waals surface area contributed by atoms with Crippen LogP contribution >= 0.6 is 11.8 Å². The Labute approximate surface area is 121 Å². The highest BCUT2D eigenvalue weighted by atomic mass is 32.2. The number of nitrogens with one attached hydrogen (secondary N) is 2. The number of nitrogens with zero attached hydrogens (tertiary/aromatic N) is 2. The van der Waals surface area contributed by atoms with Crippen molar-refractivity contribution in [1.82, 2.24) is 19.9 Å². The molecule has 0 atom stereocenters. The summed E-state index contributed by atoms with van der Waals surface area (Å²) in [7, 11) is -1.96. The van der Waals surface area contributed by atoms with E-state index in [0.29, 0.717) is 23.2 Å². The Morgan fingerprint density at radius 3 is 2.70 bits per heavy atom. The molecule has 0 aliphatic rings. The lowest BCUT2D eigenvalue weighted by atomic mass is 10.3. The van der Waals surface area contributed by atoms with Gasteiger partial charge in [0.25, 0.3) is 0 Å². The molecule has 0 saturated carbocycles. The van der Waals surface area contributed by atoms with Crippen LogP contribution in [0.2, 0.25) is 0 Å². The summed E-state index contributed by atoms with van der Waals surface area (Å²) in [5.41, 5.74) is 0. The number of sulfonamides is 1. The Morgan fingerprint density at radius 2 is 2.10 bits per heavy atom. The summed E-state index contributed by atoms with van der Waals surface area (Å²) in [5, 5.41) is 7.06. The lowest BCUT2D eigenvalue weighted by Gasteiger charge is -2.06. The van der Waals surface area contributed by atoms with Gasteiger partial charge in [-0.1, -0.05) is 11.8 Å². The molecule has 0 aliphatic heterocycles. The number of rotatable bonds is 7. The molecule has 0 aliphatic carbocycles. The molecule has 0 radical (unpaired) electrons. The predicted molar refractivity (Wildman–Crippen MR) is 75.3 cm³/mol. The number of thioether (sulfide) groups is 1. The number of hydrogen-bond donors (Lipinski definition) is 2. The molecule has 2 rings (SSSR count). The van der Waals surface area contributed by atoms with Gasteiger partial charge in [-0.05, 0) is 24.3 Å². The van der Waals surface area contributed by atoms with E-state index in [2.05, 4.69) is 19.9 Å². The molecule has 2 N–H and O–H groups in total. The SMILES string of the molecule is COc1ccc(S(=O)(=O)NCCSc2ncn[nH]2)cc1. The summed E-state index contributed by atoms with van der Waals surface area (Å²) in [6.07, 6.45) is 1.41. The molecule has 1 aromatic carbocycles. The standard InChI is InChI=1S/C11H14N4O3S2/c1-18-9-2-4-10(5-3-9)20(16,17)14-6-7-19-11-12-8-13-15-11/h2-5,8,14H,6-7H2,1H3,(H,12,13,15). The Balaban J connectivity index is 1.86. The molecule has 0 amide bonds. The van der Waals surface area contributed by atoms with Crippen LogP contribution in [0.5, 0.6) is 5.75 Å². The zero-order valence-electron chi connectivity index (χ0n) is 10.7. The molecule has 7 nitrogen and oxygen atoms in total. The summed E-state index contributed by atoms with van der Waals surface area (Å²) >= 11 is 1.39. The molecule has 108 valence electrons. The fourth-order valence-corrected chi connectivity index (χ4v) is 3.22. The number of methoxy groups -OCH3 is 1. The molecular weight excluding hydrogens is 300 g/mol. The van der Waals surface area contributed by atoms with E-state index in [1.165, 1.54) is 37.3 Å². The maximum absolute atomic E-state index is 12.0. The summed E-state index contributed by atoms with van der Waals surface area (Å²) in [6.45, 7) is 0.305. The summed E-state index contributed by atoms with van der Waals surface area (Å²) in [6, 6.07) is 6.23. The van der Waals surface area contributed by atoms with Crippen LogP contribution in [-0.2, 0) is 10.0 Å². The van der Waals surface area contributed by atoms with Crippen molar-refractivity contribution in [3.8, 4) is 5.75 Å². The van der Waals surface area contributed by atoms with Gasteiger partial charge in [0.15, 0.2) is 5.16 Å². The lowest BCUT2D eigenvalue weighted by molar-refractivity contribution is 0.414. The number of aromatic amines is 1. The first-order valence-electron chi connectivity index (χ1n) is 5.74. The Morgan fingerprint density at radius 1 is 1.35 bits per heavy atom. The molecule has 0 unspecified atom stereocenters. The third kappa shape index (κ3) is 3.95. The van der Waals surface area contributed by atoms with E-state index in [-0.39, 0.29) is 4.90 Å². The minimum Gasteiger partial charge on any atom is -0.497 e. The quantitative estimate of drug-likeness (QED) is 0.582. The summed E-state index contributed by atoms with van der Waals surface area (Å²) in [4.78, 5) is 4.14. The first-order chi connectivity index (χ1) is 9.62. The Bertz CT molecular complexity index is 626. The highest BCUT2D eigenvalue weighted by molar-refractivity contribution is 7.99. The zero-order valence-corrected chi connectivity index (χ0v) is 12.4. The largest absolute Gasteiger partial charge is 0.497 e. The van der Waals surface area contributed by atoms with Crippen molar-refractivity contribution in [2.45, 2.75) is 10.1 Å². The Hall–Kier alpha value is -1.58. The van der Waals surface area contributed by atoms with Crippen LogP contribution in [0.1, 0.15) is 0 Å². The minimum atomic E-state index is -3.49. The van der Waals surface area contributed by atoms with E-state index in [0.717, 1.165) is 0 Å². The van der Waals surface area contributed by atoms with E-state index < -0.39 is 10.0 Å². The van der Waals surface area contributed by atoms with E-state index in [1.807, 2.05) is 0 Å². The molecule has 1 aromatic heterocycles. The number of hydrogen-bond acceptors (Lipinski definition) is 6. The van der Waals surface area contributed by atoms with Crippen molar-refractivity contribution in [3.63, 3.8) is 0 Å². The normalized spacial score (nSPS) is 11.4. The van der Waals surface area contributed by atoms with Gasteiger partial charge in [0.2, 0.25) is 10.0 Å². The predicted octanol–water partition coefficient (Wildman–Crippen LogP) is 0.884. The third-order valence-corrected chi connectivity index (χ3v) is 4.75. The van der Waals surface area contributed by atoms with Gasteiger partial charge in [0.05, 0.1) is 12.0 Å². The van der Waals surface area contributed by atoms with Crippen molar-refractivity contribution in [2.75, 3.05) is 19.4 Å². The van der Waals surface area contributed by atoms with E-state index in [1.54, 1.807) is 12.1 Å². The first kappa shape index (κ1) is 14.8. The third-order valence-electron chi connectivity index (χ3n) is 2.40. The topological polar surface area (TPSA) is 97.0 Å². The van der Waals surface area contributed by atoms with Gasteiger partial charge in [-0.3, -0.25) is 5.10 Å². The van der Waals surface area contributed by atoms with E-state index in [9.17, 15) is 8.42 Å². The smallest absolute Gasteiger partial charge is 0.240 e. The summed E-state index contributed by atoms with van der Waals surface area (Å²) < 4.78 is 31.5. The minimum absolute atomic E-state index is 0.211. The van der Waals surface area contributed by atoms with Gasteiger partial charge < -0.3 is 4.74 Å². The monoisotopic (exact) mass is 314 g/mol. The van der Waals surface area contributed by atoms with Gasteiger partial charge in [0.1, 0.15) is 12.1 Å². The van der Waals surface area contributed by atoms with Crippen molar-refractivity contribution < 1.29 is 13.2 Å². The highest BCUT2D eigenvalue weighted by Gasteiger charge is 2.13. The fraction of sp³-hybridized carbons (Fsp3) is 0.273. The van der Waals surface area contributed by atoms with Gasteiger partial charge >= 0.3 is 0 Å². The first-order valence-corrected chi connectivity index (χ1v) is 8.20. The van der Waals surface area contributed by atoms with Crippen molar-refractivity contribution in [2.24, 2.45) is 0 Å². The fourth-order valence-electron chi connectivity index (χ4n) is 1.43. The van der Waals surface area contributed by atoms with Crippen LogP contribution in [0, 0.1) is 0 Å². The molecule has 9 heteroatoms. The van der Waals surface area contributed by atoms with E-state index >= 15 is 0 Å². The lowest BCUT2D eigenvalue weighted by Crippen LogP contribution is -2.26. The van der Waals surface area contributed by atoms with Crippen LogP contribution < -0.4 is 9.46 Å². The maximum Gasteiger partial charge on any atom is 0.240 e. The van der Waals surface area contributed by atoms with Crippen molar-refractivity contribution in [3.05, 3.63) is 30.6 Å². The van der Waals surface area contributed by atoms with Crippen LogP contribution in [0.3, 0.4) is 0 Å². The molecule has 20 heavy (non-hydrogen) atoms. The second-order valence-corrected chi connectivity index (χ2v) is 6.56. The maximum atomic E-state index is 12.0. The summed E-state index contributed by atoms with van der Waals surface area (Å²) in [5.74, 6) is 1.18. The second-order valence-electron chi connectivity index (χ2n) is 3.71. The van der Waals surface area contributed by atoms with Crippen LogP contribution in [0.25, 0.3) is 0 Å². The van der Waals surface area contributed by atoms with Gasteiger partial charge in [0, 0.05) is 12.3 Å². The van der Waals surface area contributed by atoms with Crippen LogP contribution in [-0.4, -0.2) is 43.0 Å². The van der Waals surface area contributed by atoms with Crippen LogP contribution in [0.15, 0.2) is 40.6 Å². The van der Waals surface area contributed by atoms with Gasteiger partial charge in [-0.15, -0.1) is 0 Å². The molecule has 2 aromatic rings. The average molecular weight is 314 g/mol. The van der Waals surface area contributed by atoms with E-state index in [4.69, 9.17) is 4.74 Å². The highest BCUT2D eigenvalue weighted by Crippen LogP contribution is 2.15. The number of ether oxygens (including phenoxy) is 1. The number of aromatic nitrogens is 3. The van der Waals surface area contributed by atoms with Crippen molar-refractivity contribution in [1.29, 1.82) is 0 Å². The molecular formula is C11H14N4O3S2. The van der Waals surface area contributed by atoms with Crippen LogP contribution in [0.4, 0.5) is 0 Å².